The van der Waals surface area contributed by atoms with E-state index in [9.17, 15) is 14.7 Å². The first-order valence-corrected chi connectivity index (χ1v) is 6.88. The van der Waals surface area contributed by atoms with Crippen molar-refractivity contribution in [1.82, 2.24) is 5.32 Å². The molecular weight excluding hydrogens is 246 g/mol. The molecule has 110 valence electrons. The van der Waals surface area contributed by atoms with Crippen LogP contribution in [0, 0.1) is 23.7 Å². The smallest absolute Gasteiger partial charge is 0.307 e. The molecule has 1 saturated carbocycles. The lowest BCUT2D eigenvalue weighted by molar-refractivity contribution is -0.146. The molecule has 1 aliphatic carbocycles. The number of aliphatic carboxylic acids is 1. The van der Waals surface area contributed by atoms with Gasteiger partial charge in [-0.2, -0.15) is 0 Å². The number of carbonyl (C=O) groups is 2. The zero-order valence-corrected chi connectivity index (χ0v) is 12.2. The molecule has 0 radical (unpaired) electrons. The molecule has 1 fully saturated rings. The monoisotopic (exact) mass is 271 g/mol. The average molecular weight is 271 g/mol. The number of hydrogen-bond donors (Lipinski definition) is 2. The van der Waals surface area contributed by atoms with Crippen LogP contribution in [0.2, 0.25) is 0 Å². The van der Waals surface area contributed by atoms with Gasteiger partial charge in [0.2, 0.25) is 5.91 Å². The Morgan fingerprint density at radius 3 is 2.37 bits per heavy atom. The van der Waals surface area contributed by atoms with Gasteiger partial charge in [-0.15, -0.1) is 0 Å². The number of carboxylic acids is 1. The van der Waals surface area contributed by atoms with E-state index >= 15 is 0 Å². The number of carboxylic acid groups (broad SMARTS) is 1. The van der Waals surface area contributed by atoms with Crippen molar-refractivity contribution in [2.45, 2.75) is 39.7 Å². The van der Waals surface area contributed by atoms with Gasteiger partial charge in [-0.3, -0.25) is 9.59 Å². The number of amides is 1. The van der Waals surface area contributed by atoms with E-state index in [0.29, 0.717) is 19.4 Å². The highest BCUT2D eigenvalue weighted by Crippen LogP contribution is 2.36. The Kier molecular flexibility index (Phi) is 5.79. The minimum absolute atomic E-state index is 0.0668. The van der Waals surface area contributed by atoms with E-state index < -0.39 is 17.8 Å². The van der Waals surface area contributed by atoms with Crippen LogP contribution in [0.25, 0.3) is 0 Å². The van der Waals surface area contributed by atoms with Gasteiger partial charge in [-0.1, -0.05) is 20.8 Å². The van der Waals surface area contributed by atoms with E-state index in [1.54, 1.807) is 7.11 Å². The molecule has 1 aliphatic rings. The van der Waals surface area contributed by atoms with Crippen molar-refractivity contribution in [2.75, 3.05) is 13.7 Å². The summed E-state index contributed by atoms with van der Waals surface area (Å²) in [6.07, 6.45) is 1.24. The maximum Gasteiger partial charge on any atom is 0.307 e. The first-order valence-electron chi connectivity index (χ1n) is 6.88. The van der Waals surface area contributed by atoms with Gasteiger partial charge < -0.3 is 15.2 Å². The van der Waals surface area contributed by atoms with Crippen LogP contribution < -0.4 is 5.32 Å². The average Bonchev–Trinajstić information content (AvgIpc) is 2.70. The second kappa shape index (κ2) is 6.89. The van der Waals surface area contributed by atoms with Crippen LogP contribution in [-0.2, 0) is 14.3 Å². The molecule has 0 saturated heterocycles. The van der Waals surface area contributed by atoms with Crippen molar-refractivity contribution in [3.8, 4) is 0 Å². The van der Waals surface area contributed by atoms with Gasteiger partial charge in [-0.05, 0) is 24.7 Å². The van der Waals surface area contributed by atoms with Crippen LogP contribution in [0.1, 0.15) is 33.6 Å². The largest absolute Gasteiger partial charge is 0.481 e. The third-order valence-electron chi connectivity index (χ3n) is 3.93. The molecule has 0 heterocycles. The molecule has 4 unspecified atom stereocenters. The molecule has 1 rings (SSSR count). The zero-order chi connectivity index (χ0) is 14.6. The van der Waals surface area contributed by atoms with Crippen molar-refractivity contribution in [3.63, 3.8) is 0 Å². The molecule has 0 aromatic carbocycles. The summed E-state index contributed by atoms with van der Waals surface area (Å²) in [7, 11) is 1.60. The third-order valence-corrected chi connectivity index (χ3v) is 3.93. The van der Waals surface area contributed by atoms with Gasteiger partial charge in [0, 0.05) is 7.11 Å². The Labute approximate surface area is 114 Å². The fraction of sp³-hybridized carbons (Fsp3) is 0.857. The maximum absolute atomic E-state index is 12.3. The normalized spacial score (nSPS) is 28.4. The number of carbonyl (C=O) groups excluding carboxylic acids is 1. The van der Waals surface area contributed by atoms with E-state index in [-0.39, 0.29) is 23.8 Å². The van der Waals surface area contributed by atoms with E-state index in [2.05, 4.69) is 5.32 Å². The van der Waals surface area contributed by atoms with E-state index in [4.69, 9.17) is 4.74 Å². The molecule has 5 nitrogen and oxygen atoms in total. The molecule has 4 atom stereocenters. The molecular formula is C14H25NO4. The van der Waals surface area contributed by atoms with Crippen molar-refractivity contribution in [2.24, 2.45) is 23.7 Å². The minimum Gasteiger partial charge on any atom is -0.481 e. The topological polar surface area (TPSA) is 75.6 Å². The van der Waals surface area contributed by atoms with Crippen LogP contribution in [-0.4, -0.2) is 36.7 Å². The molecule has 0 bridgehead atoms. The third kappa shape index (κ3) is 4.20. The summed E-state index contributed by atoms with van der Waals surface area (Å²) >= 11 is 0. The summed E-state index contributed by atoms with van der Waals surface area (Å²) in [6, 6.07) is -0.0668. The highest BCUT2D eigenvalue weighted by atomic mass is 16.5. The summed E-state index contributed by atoms with van der Waals surface area (Å²) in [5.41, 5.74) is 0. The van der Waals surface area contributed by atoms with Crippen LogP contribution in [0.15, 0.2) is 0 Å². The number of hydrogen-bond acceptors (Lipinski definition) is 3. The summed E-state index contributed by atoms with van der Waals surface area (Å²) in [4.78, 5) is 23.5. The molecule has 0 aromatic rings. The minimum atomic E-state index is -0.864. The lowest BCUT2D eigenvalue weighted by Gasteiger charge is -2.24. The fourth-order valence-electron chi connectivity index (χ4n) is 2.72. The van der Waals surface area contributed by atoms with Gasteiger partial charge >= 0.3 is 5.97 Å². The van der Waals surface area contributed by atoms with Crippen molar-refractivity contribution < 1.29 is 19.4 Å². The Bertz CT molecular complexity index is 329. The summed E-state index contributed by atoms with van der Waals surface area (Å²) in [5, 5.41) is 12.1. The quantitative estimate of drug-likeness (QED) is 0.768. The highest BCUT2D eigenvalue weighted by molar-refractivity contribution is 5.85. The molecule has 1 amide bonds. The second-order valence-corrected chi connectivity index (χ2v) is 5.94. The van der Waals surface area contributed by atoms with Crippen LogP contribution in [0.5, 0.6) is 0 Å². The van der Waals surface area contributed by atoms with Crippen molar-refractivity contribution in [3.05, 3.63) is 0 Å². The zero-order valence-electron chi connectivity index (χ0n) is 12.2. The summed E-state index contributed by atoms with van der Waals surface area (Å²) in [6.45, 7) is 6.47. The highest BCUT2D eigenvalue weighted by Gasteiger charge is 2.41. The first-order chi connectivity index (χ1) is 8.86. The van der Waals surface area contributed by atoms with E-state index in [1.165, 1.54) is 0 Å². The number of methoxy groups -OCH3 is 1. The van der Waals surface area contributed by atoms with Gasteiger partial charge in [0.15, 0.2) is 0 Å². The predicted octanol–water partition coefficient (Wildman–Crippen LogP) is 1.52. The lowest BCUT2D eigenvalue weighted by atomic mass is 9.94. The van der Waals surface area contributed by atoms with Crippen molar-refractivity contribution >= 4 is 11.9 Å². The van der Waals surface area contributed by atoms with E-state index in [1.807, 2.05) is 20.8 Å². The SMILES string of the molecule is COCC(NC(=O)C1CC(C)CC1C(=O)O)C(C)C. The lowest BCUT2D eigenvalue weighted by Crippen LogP contribution is -2.45. The second-order valence-electron chi connectivity index (χ2n) is 5.94. The summed E-state index contributed by atoms with van der Waals surface area (Å²) in [5.74, 6) is -1.43. The first kappa shape index (κ1) is 16.0. The van der Waals surface area contributed by atoms with Gasteiger partial charge in [0.05, 0.1) is 24.5 Å². The molecule has 0 spiro atoms. The summed E-state index contributed by atoms with van der Waals surface area (Å²) < 4.78 is 5.09. The van der Waals surface area contributed by atoms with Gasteiger partial charge in [0.1, 0.15) is 0 Å². The number of nitrogens with one attached hydrogen (secondary N) is 1. The molecule has 19 heavy (non-hydrogen) atoms. The standard InChI is InChI=1S/C14H25NO4/c1-8(2)12(7-19-4)15-13(16)10-5-9(3)6-11(10)14(17)18/h8-12H,5-7H2,1-4H3,(H,15,16)(H,17,18). The fourth-order valence-corrected chi connectivity index (χ4v) is 2.72. The molecule has 5 heteroatoms. The Morgan fingerprint density at radius 1 is 1.32 bits per heavy atom. The van der Waals surface area contributed by atoms with Gasteiger partial charge in [-0.25, -0.2) is 0 Å². The predicted molar refractivity (Wildman–Crippen MR) is 71.7 cm³/mol. The Balaban J connectivity index is 2.67. The maximum atomic E-state index is 12.3. The van der Waals surface area contributed by atoms with Crippen molar-refractivity contribution in [1.29, 1.82) is 0 Å². The van der Waals surface area contributed by atoms with Gasteiger partial charge in [0.25, 0.3) is 0 Å². The molecule has 0 aromatic heterocycles. The Hall–Kier alpha value is -1.10. The molecule has 0 aliphatic heterocycles. The molecule has 2 N–H and O–H groups in total. The van der Waals surface area contributed by atoms with Crippen LogP contribution in [0.4, 0.5) is 0 Å². The Morgan fingerprint density at radius 2 is 1.89 bits per heavy atom. The number of ether oxygens (including phenoxy) is 1. The number of rotatable bonds is 6. The van der Waals surface area contributed by atoms with E-state index in [0.717, 1.165) is 0 Å². The van der Waals surface area contributed by atoms with Crippen LogP contribution in [0.3, 0.4) is 0 Å². The van der Waals surface area contributed by atoms with Crippen LogP contribution >= 0.6 is 0 Å².